The van der Waals surface area contributed by atoms with Crippen molar-refractivity contribution >= 4 is 22.6 Å². The summed E-state index contributed by atoms with van der Waals surface area (Å²) in [5, 5.41) is 11.4. The van der Waals surface area contributed by atoms with Crippen molar-refractivity contribution in [3.05, 3.63) is 36.4 Å². The van der Waals surface area contributed by atoms with Gasteiger partial charge in [-0.25, -0.2) is 4.79 Å². The van der Waals surface area contributed by atoms with Crippen LogP contribution in [0.25, 0.3) is 10.8 Å². The molecule has 1 atom stereocenters. The molecule has 104 valence electrons. The van der Waals surface area contributed by atoms with Gasteiger partial charge in [0.2, 0.25) is 0 Å². The lowest BCUT2D eigenvalue weighted by Crippen LogP contribution is -2.25. The molecule has 0 aromatic heterocycles. The van der Waals surface area contributed by atoms with E-state index < -0.39 is 0 Å². The minimum Gasteiger partial charge on any atom is -0.508 e. The molecular weight excluding hydrogens is 258 g/mol. The van der Waals surface area contributed by atoms with Gasteiger partial charge >= 0.3 is 6.09 Å². The smallest absolute Gasteiger partial charge is 0.414 e. The zero-order valence-electron chi connectivity index (χ0n) is 11.1. The van der Waals surface area contributed by atoms with E-state index >= 15 is 0 Å². The van der Waals surface area contributed by atoms with Crippen molar-refractivity contribution < 1.29 is 19.4 Å². The third-order valence-corrected chi connectivity index (χ3v) is 3.35. The lowest BCUT2D eigenvalue weighted by atomic mass is 10.1. The van der Waals surface area contributed by atoms with Crippen molar-refractivity contribution in [1.82, 2.24) is 0 Å². The van der Waals surface area contributed by atoms with Crippen LogP contribution in [-0.2, 0) is 9.47 Å². The van der Waals surface area contributed by atoms with E-state index in [-0.39, 0.29) is 17.9 Å². The Balaban J connectivity index is 1.92. The molecule has 1 N–H and O–H groups in total. The highest BCUT2D eigenvalue weighted by Crippen LogP contribution is 2.28. The third kappa shape index (κ3) is 2.28. The Hall–Kier alpha value is -2.27. The van der Waals surface area contributed by atoms with E-state index in [1.54, 1.807) is 24.1 Å². The molecule has 1 fully saturated rings. The molecule has 20 heavy (non-hydrogen) atoms. The average Bonchev–Trinajstić information content (AvgIpc) is 2.79. The summed E-state index contributed by atoms with van der Waals surface area (Å²) in [6, 6.07) is 10.8. The van der Waals surface area contributed by atoms with Gasteiger partial charge in [0.25, 0.3) is 0 Å². The standard InChI is InChI=1S/C15H15NO4/c1-19-9-14-8-16(15(18)20-14)12-4-2-10-3-5-13(17)7-11(10)6-12/h2-7,14,17H,8-9H2,1H3. The number of hydrogen-bond donors (Lipinski definition) is 1. The van der Waals surface area contributed by atoms with Crippen LogP contribution in [0.15, 0.2) is 36.4 Å². The molecule has 5 heteroatoms. The molecule has 1 saturated heterocycles. The highest BCUT2D eigenvalue weighted by atomic mass is 16.6. The van der Waals surface area contributed by atoms with E-state index in [4.69, 9.17) is 9.47 Å². The number of amides is 1. The zero-order chi connectivity index (χ0) is 14.1. The first kappa shape index (κ1) is 12.7. The van der Waals surface area contributed by atoms with Gasteiger partial charge in [-0.2, -0.15) is 0 Å². The van der Waals surface area contributed by atoms with Crippen molar-refractivity contribution in [2.75, 3.05) is 25.2 Å². The second kappa shape index (κ2) is 5.02. The van der Waals surface area contributed by atoms with Gasteiger partial charge < -0.3 is 14.6 Å². The largest absolute Gasteiger partial charge is 0.508 e. The summed E-state index contributed by atoms with van der Waals surface area (Å²) in [7, 11) is 1.58. The van der Waals surface area contributed by atoms with Crippen LogP contribution in [0.4, 0.5) is 10.5 Å². The Bertz CT molecular complexity index is 655. The number of ether oxygens (including phenoxy) is 2. The first-order valence-corrected chi connectivity index (χ1v) is 6.37. The monoisotopic (exact) mass is 273 g/mol. The fraction of sp³-hybridized carbons (Fsp3) is 0.267. The first-order chi connectivity index (χ1) is 9.67. The minimum atomic E-state index is -0.369. The number of fused-ring (bicyclic) bond motifs is 1. The van der Waals surface area contributed by atoms with Gasteiger partial charge in [0.1, 0.15) is 11.9 Å². The SMILES string of the molecule is COCC1CN(c2ccc3ccc(O)cc3c2)C(=O)O1. The van der Waals surface area contributed by atoms with Crippen LogP contribution in [0.1, 0.15) is 0 Å². The summed E-state index contributed by atoms with van der Waals surface area (Å²) < 4.78 is 10.2. The molecule has 1 heterocycles. The Morgan fingerprint density at radius 1 is 1.30 bits per heavy atom. The zero-order valence-corrected chi connectivity index (χ0v) is 11.1. The molecule has 1 unspecified atom stereocenters. The van der Waals surface area contributed by atoms with Crippen LogP contribution in [0.3, 0.4) is 0 Å². The Kier molecular flexibility index (Phi) is 3.20. The highest BCUT2D eigenvalue weighted by Gasteiger charge is 2.32. The van der Waals surface area contributed by atoms with Crippen LogP contribution >= 0.6 is 0 Å². The summed E-state index contributed by atoms with van der Waals surface area (Å²) in [6.07, 6.45) is -0.612. The Labute approximate surface area is 116 Å². The van der Waals surface area contributed by atoms with Gasteiger partial charge in [-0.15, -0.1) is 0 Å². The van der Waals surface area contributed by atoms with Gasteiger partial charge in [0, 0.05) is 12.8 Å². The molecule has 0 radical (unpaired) electrons. The molecule has 0 bridgehead atoms. The number of carbonyl (C=O) groups is 1. The number of nitrogens with zero attached hydrogens (tertiary/aromatic N) is 1. The van der Waals surface area contributed by atoms with Gasteiger partial charge in [0.05, 0.1) is 13.2 Å². The van der Waals surface area contributed by atoms with Crippen molar-refractivity contribution in [1.29, 1.82) is 0 Å². The van der Waals surface area contributed by atoms with Gasteiger partial charge in [-0.3, -0.25) is 4.90 Å². The lowest BCUT2D eigenvalue weighted by molar-refractivity contribution is 0.0718. The predicted octanol–water partition coefficient (Wildman–Crippen LogP) is 2.52. The number of phenolic OH excluding ortho intramolecular Hbond substituents is 1. The number of carbonyl (C=O) groups excluding carboxylic acids is 1. The van der Waals surface area contributed by atoms with Gasteiger partial charge in [-0.05, 0) is 35.0 Å². The van der Waals surface area contributed by atoms with Gasteiger partial charge in [0.15, 0.2) is 0 Å². The maximum atomic E-state index is 11.9. The number of anilines is 1. The number of aromatic hydroxyl groups is 1. The topological polar surface area (TPSA) is 59.0 Å². The quantitative estimate of drug-likeness (QED) is 0.933. The molecule has 0 aliphatic carbocycles. The van der Waals surface area contributed by atoms with E-state index in [0.717, 1.165) is 16.5 Å². The van der Waals surface area contributed by atoms with Crippen molar-refractivity contribution in [3.8, 4) is 5.75 Å². The number of rotatable bonds is 3. The predicted molar refractivity (Wildman–Crippen MR) is 75.1 cm³/mol. The molecule has 0 saturated carbocycles. The second-order valence-corrected chi connectivity index (χ2v) is 4.79. The first-order valence-electron chi connectivity index (χ1n) is 6.37. The molecule has 3 rings (SSSR count). The number of cyclic esters (lactones) is 1. The van der Waals surface area contributed by atoms with Crippen molar-refractivity contribution in [2.45, 2.75) is 6.10 Å². The van der Waals surface area contributed by atoms with E-state index in [2.05, 4.69) is 0 Å². The molecule has 2 aromatic rings. The summed E-state index contributed by atoms with van der Waals surface area (Å²) in [6.45, 7) is 0.855. The number of phenols is 1. The molecular formula is C15H15NO4. The maximum absolute atomic E-state index is 11.9. The summed E-state index contributed by atoms with van der Waals surface area (Å²) in [5.41, 5.74) is 0.756. The number of benzene rings is 2. The van der Waals surface area contributed by atoms with Crippen LogP contribution in [0, 0.1) is 0 Å². The fourth-order valence-corrected chi connectivity index (χ4v) is 2.39. The van der Waals surface area contributed by atoms with Crippen LogP contribution < -0.4 is 4.90 Å². The molecule has 5 nitrogen and oxygen atoms in total. The average molecular weight is 273 g/mol. The maximum Gasteiger partial charge on any atom is 0.414 e. The van der Waals surface area contributed by atoms with Gasteiger partial charge in [-0.1, -0.05) is 12.1 Å². The van der Waals surface area contributed by atoms with E-state index in [1.807, 2.05) is 24.3 Å². The fourth-order valence-electron chi connectivity index (χ4n) is 2.39. The normalized spacial score (nSPS) is 18.6. The second-order valence-electron chi connectivity index (χ2n) is 4.79. The number of methoxy groups -OCH3 is 1. The summed E-state index contributed by atoms with van der Waals surface area (Å²) in [4.78, 5) is 13.4. The minimum absolute atomic E-state index is 0.205. The Morgan fingerprint density at radius 2 is 2.10 bits per heavy atom. The third-order valence-electron chi connectivity index (χ3n) is 3.35. The molecule has 1 amide bonds. The van der Waals surface area contributed by atoms with Crippen LogP contribution in [-0.4, -0.2) is 37.6 Å². The summed E-state index contributed by atoms with van der Waals surface area (Å²) in [5.74, 6) is 0.205. The van der Waals surface area contributed by atoms with E-state index in [1.165, 1.54) is 0 Å². The van der Waals surface area contributed by atoms with E-state index in [0.29, 0.717) is 13.2 Å². The van der Waals surface area contributed by atoms with Crippen LogP contribution in [0.5, 0.6) is 5.75 Å². The molecule has 0 spiro atoms. The van der Waals surface area contributed by atoms with E-state index in [9.17, 15) is 9.90 Å². The Morgan fingerprint density at radius 3 is 2.90 bits per heavy atom. The summed E-state index contributed by atoms with van der Waals surface area (Å²) >= 11 is 0. The van der Waals surface area contributed by atoms with Crippen molar-refractivity contribution in [2.24, 2.45) is 0 Å². The highest BCUT2D eigenvalue weighted by molar-refractivity contribution is 5.94. The lowest BCUT2D eigenvalue weighted by Gasteiger charge is -2.13. The number of hydrogen-bond acceptors (Lipinski definition) is 4. The molecule has 1 aliphatic rings. The molecule has 1 aliphatic heterocycles. The van der Waals surface area contributed by atoms with Crippen LogP contribution in [0.2, 0.25) is 0 Å². The van der Waals surface area contributed by atoms with Crippen molar-refractivity contribution in [3.63, 3.8) is 0 Å². The molecule has 2 aromatic carbocycles.